The van der Waals surface area contributed by atoms with Crippen LogP contribution in [-0.2, 0) is 10.0 Å². The Morgan fingerprint density at radius 1 is 0.812 bits per heavy atom. The summed E-state index contributed by atoms with van der Waals surface area (Å²) in [6.45, 7) is 4.23. The molecule has 0 radical (unpaired) electrons. The van der Waals surface area contributed by atoms with Gasteiger partial charge < -0.3 is 4.74 Å². The predicted molar refractivity (Wildman–Crippen MR) is 125 cm³/mol. The van der Waals surface area contributed by atoms with Crippen LogP contribution in [0.3, 0.4) is 0 Å². The molecule has 0 aliphatic heterocycles. The van der Waals surface area contributed by atoms with Crippen LogP contribution in [0.5, 0.6) is 11.6 Å². The Labute approximate surface area is 188 Å². The van der Waals surface area contributed by atoms with Gasteiger partial charge in [0.25, 0.3) is 10.0 Å². The predicted octanol–water partition coefficient (Wildman–Crippen LogP) is 5.86. The molecule has 0 unspecified atom stereocenters. The van der Waals surface area contributed by atoms with Crippen LogP contribution in [0.2, 0.25) is 0 Å². The second-order valence-corrected chi connectivity index (χ2v) is 9.21. The summed E-state index contributed by atoms with van der Waals surface area (Å²) in [5.41, 5.74) is 2.55. The maximum Gasteiger partial charge on any atom is 0.264 e. The van der Waals surface area contributed by atoms with Crippen LogP contribution in [0.1, 0.15) is 25.3 Å². The minimum atomic E-state index is -3.85. The molecule has 0 saturated carbocycles. The number of para-hydroxylation sites is 1. The number of aromatic nitrogens is 2. The highest BCUT2D eigenvalue weighted by Gasteiger charge is 2.17. The summed E-state index contributed by atoms with van der Waals surface area (Å²) in [5, 5.41) is 0. The van der Waals surface area contributed by atoms with E-state index in [1.807, 2.05) is 36.4 Å². The molecule has 6 nitrogen and oxygen atoms in total. The number of anilines is 1. The second kappa shape index (κ2) is 9.20. The average Bonchev–Trinajstić information content (AvgIpc) is 2.80. The number of benzene rings is 3. The van der Waals surface area contributed by atoms with Crippen molar-refractivity contribution in [2.45, 2.75) is 24.7 Å². The topological polar surface area (TPSA) is 81.2 Å². The smallest absolute Gasteiger partial charge is 0.264 e. The Morgan fingerprint density at radius 2 is 1.50 bits per heavy atom. The summed E-state index contributed by atoms with van der Waals surface area (Å²) >= 11 is 0. The van der Waals surface area contributed by atoms with Crippen LogP contribution >= 0.6 is 0 Å². The Morgan fingerprint density at radius 3 is 2.19 bits per heavy atom. The molecule has 1 heterocycles. The summed E-state index contributed by atoms with van der Waals surface area (Å²) in [7, 11) is -3.85. The first kappa shape index (κ1) is 21.5. The lowest BCUT2D eigenvalue weighted by Crippen LogP contribution is -2.15. The Kier molecular flexibility index (Phi) is 6.18. The number of rotatable bonds is 7. The highest BCUT2D eigenvalue weighted by Crippen LogP contribution is 2.28. The monoisotopic (exact) mass is 445 g/mol. The van der Waals surface area contributed by atoms with E-state index < -0.39 is 10.0 Å². The van der Waals surface area contributed by atoms with E-state index in [1.54, 1.807) is 36.4 Å². The molecule has 0 atom stereocenters. The zero-order valence-electron chi connectivity index (χ0n) is 17.8. The lowest BCUT2D eigenvalue weighted by atomic mass is 10.00. The van der Waals surface area contributed by atoms with Crippen LogP contribution in [0.25, 0.3) is 11.3 Å². The van der Waals surface area contributed by atoms with Gasteiger partial charge in [-0.2, -0.15) is 4.98 Å². The van der Waals surface area contributed by atoms with Crippen LogP contribution in [0.4, 0.5) is 5.95 Å². The van der Waals surface area contributed by atoms with Gasteiger partial charge in [0.1, 0.15) is 5.75 Å². The minimum absolute atomic E-state index is 0.0627. The second-order valence-electron chi connectivity index (χ2n) is 7.53. The average molecular weight is 446 g/mol. The van der Waals surface area contributed by atoms with Gasteiger partial charge in [-0.25, -0.2) is 18.1 Å². The van der Waals surface area contributed by atoms with Gasteiger partial charge >= 0.3 is 0 Å². The quantitative estimate of drug-likeness (QED) is 0.385. The van der Waals surface area contributed by atoms with Crippen molar-refractivity contribution in [2.24, 2.45) is 0 Å². The standard InChI is InChI=1S/C25H23N3O3S/c1-18(2)19-10-9-11-20(16-19)23-17-24(31-21-12-5-3-6-13-21)27-25(26-23)28-32(29,30)22-14-7-4-8-15-22/h3-18H,1-2H3,(H,26,27,28). The van der Waals surface area contributed by atoms with Gasteiger partial charge in [0.2, 0.25) is 11.8 Å². The molecule has 0 spiro atoms. The lowest BCUT2D eigenvalue weighted by molar-refractivity contribution is 0.463. The van der Waals surface area contributed by atoms with Crippen molar-refractivity contribution in [3.63, 3.8) is 0 Å². The Balaban J connectivity index is 1.76. The van der Waals surface area contributed by atoms with E-state index in [-0.39, 0.29) is 16.7 Å². The van der Waals surface area contributed by atoms with Crippen molar-refractivity contribution in [1.82, 2.24) is 9.97 Å². The molecule has 32 heavy (non-hydrogen) atoms. The third-order valence-electron chi connectivity index (χ3n) is 4.80. The van der Waals surface area contributed by atoms with E-state index in [4.69, 9.17) is 4.74 Å². The molecule has 0 fully saturated rings. The molecule has 0 aliphatic carbocycles. The fourth-order valence-corrected chi connectivity index (χ4v) is 4.08. The van der Waals surface area contributed by atoms with E-state index in [9.17, 15) is 8.42 Å². The maximum absolute atomic E-state index is 12.8. The SMILES string of the molecule is CC(C)c1cccc(-c2cc(Oc3ccccc3)nc(NS(=O)(=O)c3ccccc3)n2)c1. The molecule has 3 aromatic carbocycles. The highest BCUT2D eigenvalue weighted by atomic mass is 32.2. The van der Waals surface area contributed by atoms with Gasteiger partial charge in [-0.15, -0.1) is 0 Å². The minimum Gasteiger partial charge on any atom is -0.439 e. The molecule has 0 amide bonds. The fraction of sp³-hybridized carbons (Fsp3) is 0.120. The van der Waals surface area contributed by atoms with Gasteiger partial charge in [0.15, 0.2) is 0 Å². The molecule has 4 rings (SSSR count). The molecule has 162 valence electrons. The number of nitrogens with zero attached hydrogens (tertiary/aromatic N) is 2. The van der Waals surface area contributed by atoms with Gasteiger partial charge in [-0.05, 0) is 41.8 Å². The summed E-state index contributed by atoms with van der Waals surface area (Å²) < 4.78 is 34.0. The van der Waals surface area contributed by atoms with Crippen LogP contribution in [-0.4, -0.2) is 18.4 Å². The molecule has 0 bridgehead atoms. The Hall–Kier alpha value is -3.71. The third kappa shape index (κ3) is 5.12. The normalized spacial score (nSPS) is 11.3. The van der Waals surface area contributed by atoms with Gasteiger partial charge in [-0.3, -0.25) is 0 Å². The van der Waals surface area contributed by atoms with Crippen LogP contribution < -0.4 is 9.46 Å². The zero-order chi connectivity index (χ0) is 22.6. The van der Waals surface area contributed by atoms with E-state index in [1.165, 1.54) is 12.1 Å². The maximum atomic E-state index is 12.8. The molecular formula is C25H23N3O3S. The first-order valence-electron chi connectivity index (χ1n) is 10.2. The lowest BCUT2D eigenvalue weighted by Gasteiger charge is -2.12. The number of ether oxygens (including phenoxy) is 1. The highest BCUT2D eigenvalue weighted by molar-refractivity contribution is 7.92. The molecular weight excluding hydrogens is 422 g/mol. The third-order valence-corrected chi connectivity index (χ3v) is 6.14. The summed E-state index contributed by atoms with van der Waals surface area (Å²) in [6, 6.07) is 27.0. The van der Waals surface area contributed by atoms with E-state index in [2.05, 4.69) is 34.6 Å². The van der Waals surface area contributed by atoms with Crippen molar-refractivity contribution in [3.05, 3.63) is 96.6 Å². The fourth-order valence-electron chi connectivity index (χ4n) is 3.12. The molecule has 1 aromatic heterocycles. The first-order valence-corrected chi connectivity index (χ1v) is 11.7. The summed E-state index contributed by atoms with van der Waals surface area (Å²) in [4.78, 5) is 8.90. The molecule has 7 heteroatoms. The van der Waals surface area contributed by atoms with Gasteiger partial charge in [0, 0.05) is 11.6 Å². The van der Waals surface area contributed by atoms with Crippen molar-refractivity contribution in [1.29, 1.82) is 0 Å². The number of hydrogen-bond donors (Lipinski definition) is 1. The van der Waals surface area contributed by atoms with Crippen LogP contribution in [0.15, 0.2) is 95.9 Å². The summed E-state index contributed by atoms with van der Waals surface area (Å²) in [6.07, 6.45) is 0. The number of sulfonamides is 1. The summed E-state index contributed by atoms with van der Waals surface area (Å²) in [5.74, 6) is 1.10. The van der Waals surface area contributed by atoms with Crippen molar-refractivity contribution < 1.29 is 13.2 Å². The van der Waals surface area contributed by atoms with E-state index in [0.29, 0.717) is 17.4 Å². The molecule has 4 aromatic rings. The molecule has 0 aliphatic rings. The van der Waals surface area contributed by atoms with E-state index in [0.717, 1.165) is 11.1 Å². The molecule has 0 saturated heterocycles. The van der Waals surface area contributed by atoms with Crippen molar-refractivity contribution >= 4 is 16.0 Å². The number of nitrogens with one attached hydrogen (secondary N) is 1. The van der Waals surface area contributed by atoms with E-state index >= 15 is 0 Å². The van der Waals surface area contributed by atoms with Gasteiger partial charge in [0.05, 0.1) is 10.6 Å². The van der Waals surface area contributed by atoms with Crippen LogP contribution in [0, 0.1) is 0 Å². The number of hydrogen-bond acceptors (Lipinski definition) is 5. The van der Waals surface area contributed by atoms with Crippen molar-refractivity contribution in [2.75, 3.05) is 4.72 Å². The first-order chi connectivity index (χ1) is 15.4. The molecule has 1 N–H and O–H groups in total. The van der Waals surface area contributed by atoms with Gasteiger partial charge in [-0.1, -0.05) is 68.4 Å². The van der Waals surface area contributed by atoms with Crippen molar-refractivity contribution in [3.8, 4) is 22.9 Å². The largest absolute Gasteiger partial charge is 0.439 e. The zero-order valence-corrected chi connectivity index (χ0v) is 18.6. The Bertz CT molecular complexity index is 1310.